The van der Waals surface area contributed by atoms with Crippen LogP contribution in [0.5, 0.6) is 11.5 Å². The van der Waals surface area contributed by atoms with Gasteiger partial charge in [0.25, 0.3) is 5.91 Å². The van der Waals surface area contributed by atoms with E-state index in [9.17, 15) is 14.7 Å². The SMILES string of the molecule is O=C(c1ncccc1Oc1ccccc1)N1C[C@@H]2CCC[C@@]2(C(=O)O)C1. The highest BCUT2D eigenvalue weighted by Gasteiger charge is 2.56. The third-order valence-electron chi connectivity index (χ3n) is 5.53. The number of ether oxygens (including phenoxy) is 1. The minimum absolute atomic E-state index is 0.0196. The van der Waals surface area contributed by atoms with Crippen LogP contribution in [0.25, 0.3) is 0 Å². The molecule has 6 heteroatoms. The predicted octanol–water partition coefficient (Wildman–Crippen LogP) is 3.20. The van der Waals surface area contributed by atoms with E-state index in [1.165, 1.54) is 0 Å². The third kappa shape index (κ3) is 2.71. The number of aliphatic carboxylic acids is 1. The van der Waals surface area contributed by atoms with Crippen molar-refractivity contribution >= 4 is 11.9 Å². The number of amides is 1. The van der Waals surface area contributed by atoms with Gasteiger partial charge < -0.3 is 14.7 Å². The lowest BCUT2D eigenvalue weighted by atomic mass is 9.81. The second kappa shape index (κ2) is 6.44. The molecule has 1 saturated heterocycles. The van der Waals surface area contributed by atoms with E-state index in [0.29, 0.717) is 24.5 Å². The Morgan fingerprint density at radius 2 is 2.00 bits per heavy atom. The molecule has 134 valence electrons. The molecule has 1 N–H and O–H groups in total. The van der Waals surface area contributed by atoms with Crippen molar-refractivity contribution in [2.75, 3.05) is 13.1 Å². The largest absolute Gasteiger partial charge is 0.481 e. The second-order valence-corrected chi connectivity index (χ2v) is 7.00. The van der Waals surface area contributed by atoms with Gasteiger partial charge in [-0.25, -0.2) is 4.98 Å². The van der Waals surface area contributed by atoms with Gasteiger partial charge in [0.1, 0.15) is 5.75 Å². The van der Waals surface area contributed by atoms with E-state index < -0.39 is 11.4 Å². The van der Waals surface area contributed by atoms with Crippen molar-refractivity contribution in [2.45, 2.75) is 19.3 Å². The van der Waals surface area contributed by atoms with Gasteiger partial charge in [0.05, 0.1) is 5.41 Å². The van der Waals surface area contributed by atoms with Gasteiger partial charge in [-0.3, -0.25) is 9.59 Å². The van der Waals surface area contributed by atoms with Crippen molar-refractivity contribution in [3.63, 3.8) is 0 Å². The van der Waals surface area contributed by atoms with Crippen LogP contribution in [0.4, 0.5) is 0 Å². The van der Waals surface area contributed by atoms with Gasteiger partial charge in [0.2, 0.25) is 0 Å². The minimum Gasteiger partial charge on any atom is -0.481 e. The summed E-state index contributed by atoms with van der Waals surface area (Å²) in [7, 11) is 0. The summed E-state index contributed by atoms with van der Waals surface area (Å²) >= 11 is 0. The summed E-state index contributed by atoms with van der Waals surface area (Å²) in [4.78, 5) is 30.7. The molecular weight excluding hydrogens is 332 g/mol. The zero-order chi connectivity index (χ0) is 18.1. The average Bonchev–Trinajstić information content (AvgIpc) is 3.21. The Kier molecular flexibility index (Phi) is 4.11. The standard InChI is InChI=1S/C20H20N2O4/c23-18(22-12-14-6-4-10-20(14,13-22)19(24)25)17-16(9-5-11-21-17)26-15-7-2-1-3-8-15/h1-3,5,7-9,11,14H,4,6,10,12-13H2,(H,24,25)/t14-,20+/m0/s1. The number of carbonyl (C=O) groups excluding carboxylic acids is 1. The summed E-state index contributed by atoms with van der Waals surface area (Å²) in [6.07, 6.45) is 3.94. The van der Waals surface area contributed by atoms with E-state index in [-0.39, 0.29) is 24.1 Å². The maximum atomic E-state index is 13.0. The van der Waals surface area contributed by atoms with Gasteiger partial charge in [0, 0.05) is 19.3 Å². The van der Waals surface area contributed by atoms with Crippen molar-refractivity contribution < 1.29 is 19.4 Å². The van der Waals surface area contributed by atoms with Gasteiger partial charge in [-0.15, -0.1) is 0 Å². The summed E-state index contributed by atoms with van der Waals surface area (Å²) in [6.45, 7) is 0.708. The Labute approximate surface area is 151 Å². The first-order chi connectivity index (χ1) is 12.6. The average molecular weight is 352 g/mol. The van der Waals surface area contributed by atoms with Crippen LogP contribution in [0, 0.1) is 11.3 Å². The van der Waals surface area contributed by atoms with Gasteiger partial charge in [-0.05, 0) is 43.0 Å². The summed E-state index contributed by atoms with van der Waals surface area (Å²) in [5.74, 6) is -0.0465. The number of para-hydroxylation sites is 1. The Morgan fingerprint density at radius 3 is 2.73 bits per heavy atom. The lowest BCUT2D eigenvalue weighted by molar-refractivity contribution is -0.149. The van der Waals surface area contributed by atoms with E-state index in [0.717, 1.165) is 12.8 Å². The summed E-state index contributed by atoms with van der Waals surface area (Å²) in [5.41, 5.74) is -0.581. The molecule has 2 aromatic rings. The lowest BCUT2D eigenvalue weighted by Crippen LogP contribution is -2.37. The molecule has 0 bridgehead atoms. The number of hydrogen-bond donors (Lipinski definition) is 1. The Hall–Kier alpha value is -2.89. The zero-order valence-corrected chi connectivity index (χ0v) is 14.3. The highest BCUT2D eigenvalue weighted by molar-refractivity contribution is 5.96. The first kappa shape index (κ1) is 16.6. The fourth-order valence-electron chi connectivity index (χ4n) is 4.19. The molecule has 0 spiro atoms. The minimum atomic E-state index is -0.801. The number of hydrogen-bond acceptors (Lipinski definition) is 4. The number of carbonyl (C=O) groups is 2. The molecule has 0 radical (unpaired) electrons. The van der Waals surface area contributed by atoms with Gasteiger partial charge in [0.15, 0.2) is 11.4 Å². The van der Waals surface area contributed by atoms with E-state index >= 15 is 0 Å². The van der Waals surface area contributed by atoms with Crippen molar-refractivity contribution in [1.82, 2.24) is 9.88 Å². The van der Waals surface area contributed by atoms with Crippen molar-refractivity contribution in [2.24, 2.45) is 11.3 Å². The number of carboxylic acid groups (broad SMARTS) is 1. The van der Waals surface area contributed by atoms with E-state index in [4.69, 9.17) is 4.74 Å². The molecule has 1 saturated carbocycles. The molecule has 2 fully saturated rings. The number of likely N-dealkylation sites (tertiary alicyclic amines) is 1. The van der Waals surface area contributed by atoms with Crippen molar-refractivity contribution in [1.29, 1.82) is 0 Å². The van der Waals surface area contributed by atoms with Crippen LogP contribution in [-0.2, 0) is 4.79 Å². The number of aromatic nitrogens is 1. The highest BCUT2D eigenvalue weighted by atomic mass is 16.5. The Morgan fingerprint density at radius 1 is 1.19 bits per heavy atom. The molecular formula is C20H20N2O4. The molecule has 1 aliphatic carbocycles. The Bertz CT molecular complexity index is 839. The van der Waals surface area contributed by atoms with Crippen LogP contribution < -0.4 is 4.74 Å². The van der Waals surface area contributed by atoms with Crippen LogP contribution >= 0.6 is 0 Å². The molecule has 1 amide bonds. The molecule has 2 heterocycles. The summed E-state index contributed by atoms with van der Waals surface area (Å²) in [5, 5.41) is 9.72. The predicted molar refractivity (Wildman–Crippen MR) is 94.1 cm³/mol. The summed E-state index contributed by atoms with van der Waals surface area (Å²) < 4.78 is 5.83. The monoisotopic (exact) mass is 352 g/mol. The first-order valence-electron chi connectivity index (χ1n) is 8.81. The van der Waals surface area contributed by atoms with Crippen LogP contribution in [0.1, 0.15) is 29.8 Å². The maximum Gasteiger partial charge on any atom is 0.311 e. The van der Waals surface area contributed by atoms with Gasteiger partial charge in [-0.2, -0.15) is 0 Å². The van der Waals surface area contributed by atoms with E-state index in [2.05, 4.69) is 4.98 Å². The number of benzene rings is 1. The first-order valence-corrected chi connectivity index (χ1v) is 8.81. The fraction of sp³-hybridized carbons (Fsp3) is 0.350. The van der Waals surface area contributed by atoms with Crippen LogP contribution in [0.15, 0.2) is 48.7 Å². The topological polar surface area (TPSA) is 79.7 Å². The normalized spacial score (nSPS) is 24.3. The number of pyridine rings is 1. The molecule has 6 nitrogen and oxygen atoms in total. The third-order valence-corrected chi connectivity index (χ3v) is 5.53. The van der Waals surface area contributed by atoms with Crippen LogP contribution in [-0.4, -0.2) is 40.0 Å². The molecule has 2 aliphatic rings. The summed E-state index contributed by atoms with van der Waals surface area (Å²) in [6, 6.07) is 12.6. The Balaban J connectivity index is 1.59. The lowest BCUT2D eigenvalue weighted by Gasteiger charge is -2.23. The van der Waals surface area contributed by atoms with Crippen LogP contribution in [0.2, 0.25) is 0 Å². The smallest absolute Gasteiger partial charge is 0.311 e. The molecule has 2 atom stereocenters. The number of nitrogens with zero attached hydrogens (tertiary/aromatic N) is 2. The van der Waals surface area contributed by atoms with E-state index in [1.807, 2.05) is 18.2 Å². The molecule has 1 aromatic carbocycles. The molecule has 26 heavy (non-hydrogen) atoms. The molecule has 1 aliphatic heterocycles. The zero-order valence-electron chi connectivity index (χ0n) is 14.3. The van der Waals surface area contributed by atoms with Gasteiger partial charge in [-0.1, -0.05) is 24.6 Å². The van der Waals surface area contributed by atoms with Crippen LogP contribution in [0.3, 0.4) is 0 Å². The number of rotatable bonds is 4. The maximum absolute atomic E-state index is 13.0. The van der Waals surface area contributed by atoms with Crippen molar-refractivity contribution in [3.8, 4) is 11.5 Å². The van der Waals surface area contributed by atoms with E-state index in [1.54, 1.807) is 35.4 Å². The molecule has 4 rings (SSSR count). The number of carboxylic acids is 1. The highest BCUT2D eigenvalue weighted by Crippen LogP contribution is 2.49. The van der Waals surface area contributed by atoms with Gasteiger partial charge >= 0.3 is 5.97 Å². The molecule has 0 unspecified atom stereocenters. The number of fused-ring (bicyclic) bond motifs is 1. The fourth-order valence-corrected chi connectivity index (χ4v) is 4.19. The quantitative estimate of drug-likeness (QED) is 0.914. The second-order valence-electron chi connectivity index (χ2n) is 7.00. The molecule has 1 aromatic heterocycles. The van der Waals surface area contributed by atoms with Crippen molar-refractivity contribution in [3.05, 3.63) is 54.4 Å².